The summed E-state index contributed by atoms with van der Waals surface area (Å²) in [5.74, 6) is -2.10. The zero-order valence-corrected chi connectivity index (χ0v) is 21.9. The number of nitrogens with one attached hydrogen (secondary N) is 3. The number of halogens is 5. The van der Waals surface area contributed by atoms with E-state index in [-0.39, 0.29) is 5.91 Å². The van der Waals surface area contributed by atoms with Crippen molar-refractivity contribution in [2.45, 2.75) is 19.0 Å². The maximum atomic E-state index is 13.0. The van der Waals surface area contributed by atoms with Crippen LogP contribution in [0.15, 0.2) is 72.9 Å². The number of alkyl halides is 3. The molecule has 0 unspecified atom stereocenters. The fourth-order valence-corrected chi connectivity index (χ4v) is 3.91. The predicted molar refractivity (Wildman–Crippen MR) is 147 cm³/mol. The minimum atomic E-state index is -5.08. The van der Waals surface area contributed by atoms with Gasteiger partial charge in [0, 0.05) is 27.6 Å². The summed E-state index contributed by atoms with van der Waals surface area (Å²) >= 11 is 12.3. The first-order valence-electron chi connectivity index (χ1n) is 11.6. The number of carbonyl (C=O) groups excluding carboxylic acids is 1. The van der Waals surface area contributed by atoms with Crippen LogP contribution in [0.1, 0.15) is 21.5 Å². The Bertz CT molecular complexity index is 1550. The monoisotopic (exact) mass is 589 g/mol. The van der Waals surface area contributed by atoms with Crippen molar-refractivity contribution in [1.29, 1.82) is 0 Å². The van der Waals surface area contributed by atoms with E-state index in [4.69, 9.17) is 33.1 Å². The summed E-state index contributed by atoms with van der Waals surface area (Å²) in [6, 6.07) is 20.8. The molecule has 6 bridgehead atoms. The molecule has 0 radical (unpaired) electrons. The molecule has 1 aromatic heterocycles. The summed E-state index contributed by atoms with van der Waals surface area (Å²) < 4.78 is 31.7. The zero-order chi connectivity index (χ0) is 28.9. The number of hydrogen-bond acceptors (Lipinski definition) is 6. The molecule has 8 nitrogen and oxygen atoms in total. The largest absolute Gasteiger partial charge is 0.490 e. The second kappa shape index (κ2) is 12.2. The molecule has 1 aliphatic heterocycles. The number of carboxylic acids is 1. The van der Waals surface area contributed by atoms with Gasteiger partial charge in [-0.3, -0.25) is 4.79 Å². The van der Waals surface area contributed by atoms with Crippen LogP contribution in [0.2, 0.25) is 10.0 Å². The molecule has 5 rings (SSSR count). The van der Waals surface area contributed by atoms with Crippen molar-refractivity contribution in [3.8, 4) is 0 Å². The van der Waals surface area contributed by atoms with Gasteiger partial charge in [-0.2, -0.15) is 18.2 Å². The highest BCUT2D eigenvalue weighted by Crippen LogP contribution is 2.28. The van der Waals surface area contributed by atoms with E-state index in [2.05, 4.69) is 38.1 Å². The normalized spacial score (nSPS) is 12.1. The number of rotatable bonds is 2. The summed E-state index contributed by atoms with van der Waals surface area (Å²) in [4.78, 5) is 30.7. The van der Waals surface area contributed by atoms with Gasteiger partial charge in [-0.15, -0.1) is 0 Å². The van der Waals surface area contributed by atoms with Gasteiger partial charge in [-0.25, -0.2) is 9.78 Å². The maximum Gasteiger partial charge on any atom is 0.490 e. The molecular weight excluding hydrogens is 570 g/mol. The molecule has 0 spiro atoms. The van der Waals surface area contributed by atoms with Gasteiger partial charge in [0.25, 0.3) is 5.91 Å². The minimum Gasteiger partial charge on any atom is -0.475 e. The van der Waals surface area contributed by atoms with Crippen LogP contribution in [-0.4, -0.2) is 33.1 Å². The van der Waals surface area contributed by atoms with Crippen molar-refractivity contribution in [1.82, 2.24) is 9.97 Å². The van der Waals surface area contributed by atoms with Gasteiger partial charge in [-0.05, 0) is 78.6 Å². The van der Waals surface area contributed by atoms with Gasteiger partial charge in [-0.1, -0.05) is 35.3 Å². The van der Waals surface area contributed by atoms with Crippen molar-refractivity contribution in [2.24, 2.45) is 0 Å². The number of anilines is 5. The van der Waals surface area contributed by atoms with Crippen molar-refractivity contribution in [2.75, 3.05) is 16.0 Å². The summed E-state index contributed by atoms with van der Waals surface area (Å²) in [5, 5.41) is 17.5. The van der Waals surface area contributed by atoms with E-state index in [9.17, 15) is 18.0 Å². The summed E-state index contributed by atoms with van der Waals surface area (Å²) in [6.07, 6.45) is -1.96. The van der Waals surface area contributed by atoms with Crippen molar-refractivity contribution in [3.63, 3.8) is 0 Å². The second-order valence-electron chi connectivity index (χ2n) is 8.52. The number of hydrogen-bond donors (Lipinski definition) is 4. The van der Waals surface area contributed by atoms with E-state index in [1.54, 1.807) is 36.5 Å². The summed E-state index contributed by atoms with van der Waals surface area (Å²) in [5.41, 5.74) is 4.99. The number of aliphatic carboxylic acids is 1. The van der Waals surface area contributed by atoms with Crippen LogP contribution in [-0.2, 0) is 17.6 Å². The number of benzene rings is 3. The van der Waals surface area contributed by atoms with Crippen LogP contribution in [0.4, 0.5) is 42.0 Å². The first-order valence-corrected chi connectivity index (χ1v) is 12.4. The molecule has 0 aliphatic carbocycles. The highest BCUT2D eigenvalue weighted by molar-refractivity contribution is 6.33. The Morgan fingerprint density at radius 1 is 0.900 bits per heavy atom. The molecule has 1 amide bonds. The second-order valence-corrected chi connectivity index (χ2v) is 9.37. The van der Waals surface area contributed by atoms with Crippen LogP contribution < -0.4 is 16.0 Å². The Morgan fingerprint density at radius 2 is 1.57 bits per heavy atom. The topological polar surface area (TPSA) is 116 Å². The summed E-state index contributed by atoms with van der Waals surface area (Å²) in [6.45, 7) is 0. The lowest BCUT2D eigenvalue weighted by atomic mass is 10.0. The van der Waals surface area contributed by atoms with Gasteiger partial charge in [0.15, 0.2) is 5.82 Å². The third kappa shape index (κ3) is 7.84. The van der Waals surface area contributed by atoms with Gasteiger partial charge in [0.1, 0.15) is 5.02 Å². The average molecular weight is 590 g/mol. The molecule has 4 aromatic rings. The van der Waals surface area contributed by atoms with Crippen molar-refractivity contribution >= 4 is 63.9 Å². The SMILES string of the molecule is O=C(Nc1ccc(Cl)cc1)c1cc2cc(c1)Nc1nc(ncc1Cl)Nc1cccc(c1)CC2.O=C(O)C(F)(F)F. The fourth-order valence-electron chi connectivity index (χ4n) is 3.65. The van der Waals surface area contributed by atoms with E-state index in [1.807, 2.05) is 24.3 Å². The standard InChI is InChI=1S/C25H19Cl2N5O.C2HF3O2/c26-18-6-8-19(9-7-18)30-24(33)17-10-16-5-4-15-2-1-3-20(11-15)31-25-28-14-22(27)23(32-25)29-21(12-16)13-17;3-2(4,5)1(6)7/h1-3,6-14H,4-5H2,(H,30,33)(H2,28,29,31,32);(H,6,7). The van der Waals surface area contributed by atoms with Gasteiger partial charge >= 0.3 is 12.1 Å². The lowest BCUT2D eigenvalue weighted by Crippen LogP contribution is -2.21. The first-order chi connectivity index (χ1) is 19.0. The molecular formula is C27H20Cl2F3N5O3. The Balaban J connectivity index is 0.000000470. The van der Waals surface area contributed by atoms with E-state index in [1.165, 1.54) is 5.56 Å². The first kappa shape index (κ1) is 28.7. The maximum absolute atomic E-state index is 13.0. The van der Waals surface area contributed by atoms with Gasteiger partial charge in [0.2, 0.25) is 5.95 Å². The Kier molecular flexibility index (Phi) is 8.76. The molecule has 206 valence electrons. The third-order valence-corrected chi connectivity index (χ3v) is 6.02. The molecule has 40 heavy (non-hydrogen) atoms. The number of amides is 1. The molecule has 2 heterocycles. The van der Waals surface area contributed by atoms with Crippen molar-refractivity contribution < 1.29 is 27.9 Å². The fraction of sp³-hybridized carbons (Fsp3) is 0.111. The van der Waals surface area contributed by atoms with Crippen LogP contribution in [0, 0.1) is 0 Å². The highest BCUT2D eigenvalue weighted by Gasteiger charge is 2.38. The number of nitrogens with zero attached hydrogens (tertiary/aromatic N) is 2. The molecule has 0 fully saturated rings. The number of fused-ring (bicyclic) bond motifs is 6. The Hall–Kier alpha value is -4.35. The van der Waals surface area contributed by atoms with Gasteiger partial charge in [0.05, 0.1) is 6.20 Å². The average Bonchev–Trinajstić information content (AvgIpc) is 2.90. The van der Waals surface area contributed by atoms with Gasteiger partial charge < -0.3 is 21.1 Å². The number of aromatic nitrogens is 2. The Labute approximate surface area is 236 Å². The van der Waals surface area contributed by atoms with E-state index in [0.717, 1.165) is 24.1 Å². The molecule has 4 N–H and O–H groups in total. The predicted octanol–water partition coefficient (Wildman–Crippen LogP) is 7.25. The molecule has 0 saturated heterocycles. The van der Waals surface area contributed by atoms with Crippen molar-refractivity contribution in [3.05, 3.63) is 99.7 Å². The van der Waals surface area contributed by atoms with Crippen LogP contribution in [0.3, 0.4) is 0 Å². The van der Waals surface area contributed by atoms with Crippen LogP contribution in [0.5, 0.6) is 0 Å². The summed E-state index contributed by atoms with van der Waals surface area (Å²) in [7, 11) is 0. The lowest BCUT2D eigenvalue weighted by Gasteiger charge is -2.13. The van der Waals surface area contributed by atoms with E-state index < -0.39 is 12.1 Å². The van der Waals surface area contributed by atoms with E-state index >= 15 is 0 Å². The zero-order valence-electron chi connectivity index (χ0n) is 20.4. The lowest BCUT2D eigenvalue weighted by molar-refractivity contribution is -0.192. The molecule has 0 saturated carbocycles. The van der Waals surface area contributed by atoms with Crippen LogP contribution >= 0.6 is 23.2 Å². The highest BCUT2D eigenvalue weighted by atomic mass is 35.5. The number of carbonyl (C=O) groups is 2. The molecule has 1 aliphatic rings. The van der Waals surface area contributed by atoms with E-state index in [0.29, 0.717) is 38.7 Å². The molecule has 13 heteroatoms. The van der Waals surface area contributed by atoms with Crippen LogP contribution in [0.25, 0.3) is 0 Å². The smallest absolute Gasteiger partial charge is 0.475 e. The number of aryl methyl sites for hydroxylation is 2. The minimum absolute atomic E-state index is 0.218. The molecule has 3 aromatic carbocycles. The quantitative estimate of drug-likeness (QED) is 0.194. The third-order valence-electron chi connectivity index (χ3n) is 5.49. The number of carboxylic acid groups (broad SMARTS) is 1. The molecule has 0 atom stereocenters. The Morgan fingerprint density at radius 3 is 2.27 bits per heavy atom.